The number of nitrogens with zero attached hydrogens (tertiary/aromatic N) is 1. The summed E-state index contributed by atoms with van der Waals surface area (Å²) in [6, 6.07) is 18.3. The van der Waals surface area contributed by atoms with E-state index < -0.39 is 6.04 Å². The van der Waals surface area contributed by atoms with Crippen molar-refractivity contribution in [3.63, 3.8) is 0 Å². The molecule has 2 amide bonds. The molecule has 3 aromatic rings. The van der Waals surface area contributed by atoms with E-state index in [-0.39, 0.29) is 30.8 Å². The van der Waals surface area contributed by atoms with Crippen LogP contribution in [0.25, 0.3) is 0 Å². The number of aryl methyl sites for hydroxylation is 2. The molecule has 5 nitrogen and oxygen atoms in total. The van der Waals surface area contributed by atoms with Crippen LogP contribution in [0.2, 0.25) is 5.02 Å². The molecule has 0 saturated heterocycles. The van der Waals surface area contributed by atoms with E-state index >= 15 is 0 Å². The van der Waals surface area contributed by atoms with Crippen molar-refractivity contribution < 1.29 is 18.7 Å². The molecule has 0 radical (unpaired) electrons. The first-order valence-electron chi connectivity index (χ1n) is 12.5. The molecule has 7 heteroatoms. The summed E-state index contributed by atoms with van der Waals surface area (Å²) in [4.78, 5) is 28.5. The van der Waals surface area contributed by atoms with Crippen LogP contribution < -0.4 is 10.1 Å². The van der Waals surface area contributed by atoms with E-state index in [1.807, 2.05) is 44.2 Å². The van der Waals surface area contributed by atoms with Gasteiger partial charge in [0.2, 0.25) is 5.91 Å². The average Bonchev–Trinajstić information content (AvgIpc) is 2.89. The molecule has 0 aliphatic rings. The Morgan fingerprint density at radius 2 is 1.65 bits per heavy atom. The Bertz CT molecular complexity index is 1160. The third-order valence-corrected chi connectivity index (χ3v) is 6.74. The molecular formula is C30H34ClFN2O3. The molecule has 0 aromatic heterocycles. The summed E-state index contributed by atoms with van der Waals surface area (Å²) in [6.07, 6.45) is 2.12. The lowest BCUT2D eigenvalue weighted by atomic mass is 10.0. The molecule has 0 fully saturated rings. The number of hydrogen-bond acceptors (Lipinski definition) is 3. The molecule has 0 saturated carbocycles. The number of nitrogens with one attached hydrogen (secondary N) is 1. The molecule has 0 aliphatic heterocycles. The van der Waals surface area contributed by atoms with E-state index in [9.17, 15) is 14.0 Å². The van der Waals surface area contributed by atoms with Crippen LogP contribution in [0.1, 0.15) is 42.0 Å². The van der Waals surface area contributed by atoms with E-state index in [1.54, 1.807) is 24.3 Å². The van der Waals surface area contributed by atoms with Gasteiger partial charge in [-0.15, -0.1) is 0 Å². The van der Waals surface area contributed by atoms with Crippen LogP contribution in [-0.4, -0.2) is 35.9 Å². The number of carbonyl (C=O) groups excluding carboxylic acids is 2. The van der Waals surface area contributed by atoms with Crippen LogP contribution in [0.5, 0.6) is 5.75 Å². The topological polar surface area (TPSA) is 58.6 Å². The number of carbonyl (C=O) groups is 2. The van der Waals surface area contributed by atoms with E-state index in [1.165, 1.54) is 17.0 Å². The first kappa shape index (κ1) is 28.2. The molecule has 0 heterocycles. The molecule has 1 atom stereocenters. The molecule has 3 aromatic carbocycles. The summed E-state index contributed by atoms with van der Waals surface area (Å²) in [5.41, 5.74) is 3.35. The monoisotopic (exact) mass is 524 g/mol. The van der Waals surface area contributed by atoms with Gasteiger partial charge in [-0.1, -0.05) is 67.4 Å². The summed E-state index contributed by atoms with van der Waals surface area (Å²) in [7, 11) is 0. The highest BCUT2D eigenvalue weighted by Crippen LogP contribution is 2.26. The standard InChI is InChI=1S/C30H34ClFN2O3/c1-4-5-15-33-30(36)27(18-23-9-7-6-8-10-23)34(19-24-11-13-25(32)14-12-24)28(35)20-37-26-16-21(2)29(31)22(3)17-26/h6-14,16-17,27H,4-5,15,18-20H2,1-3H3,(H,33,36)/t27-/m1/s1. The lowest BCUT2D eigenvalue weighted by molar-refractivity contribution is -0.142. The van der Waals surface area contributed by atoms with Crippen molar-refractivity contribution in [3.8, 4) is 5.75 Å². The van der Waals surface area contributed by atoms with Gasteiger partial charge in [-0.3, -0.25) is 9.59 Å². The first-order chi connectivity index (χ1) is 17.8. The van der Waals surface area contributed by atoms with Crippen LogP contribution in [0.15, 0.2) is 66.7 Å². The molecule has 0 aliphatic carbocycles. The van der Waals surface area contributed by atoms with Crippen LogP contribution in [0, 0.1) is 19.7 Å². The minimum absolute atomic E-state index is 0.139. The summed E-state index contributed by atoms with van der Waals surface area (Å²) >= 11 is 6.27. The fraction of sp³-hybridized carbons (Fsp3) is 0.333. The van der Waals surface area contributed by atoms with E-state index in [0.29, 0.717) is 29.3 Å². The summed E-state index contributed by atoms with van der Waals surface area (Å²) in [5, 5.41) is 3.64. The average molecular weight is 525 g/mol. The maximum atomic E-state index is 13.6. The number of benzene rings is 3. The Kier molecular flexibility index (Phi) is 10.5. The van der Waals surface area contributed by atoms with Gasteiger partial charge in [-0.2, -0.15) is 0 Å². The zero-order chi connectivity index (χ0) is 26.8. The second kappa shape index (κ2) is 13.8. The predicted octanol–water partition coefficient (Wildman–Crippen LogP) is 6.03. The largest absolute Gasteiger partial charge is 0.484 e. The van der Waals surface area contributed by atoms with Gasteiger partial charge in [-0.25, -0.2) is 4.39 Å². The van der Waals surface area contributed by atoms with E-state index in [2.05, 4.69) is 12.2 Å². The molecule has 3 rings (SSSR count). The molecular weight excluding hydrogens is 491 g/mol. The van der Waals surface area contributed by atoms with Crippen LogP contribution in [0.4, 0.5) is 4.39 Å². The second-order valence-electron chi connectivity index (χ2n) is 9.16. The third kappa shape index (κ3) is 8.32. The van der Waals surface area contributed by atoms with E-state index in [0.717, 1.165) is 29.5 Å². The SMILES string of the molecule is CCCCNC(=O)[C@@H](Cc1ccccc1)N(Cc1ccc(F)cc1)C(=O)COc1cc(C)c(Cl)c(C)c1. The predicted molar refractivity (Wildman–Crippen MR) is 145 cm³/mol. The molecule has 0 bridgehead atoms. The normalized spacial score (nSPS) is 11.6. The van der Waals surface area contributed by atoms with Crippen molar-refractivity contribution in [2.24, 2.45) is 0 Å². The van der Waals surface area contributed by atoms with Gasteiger partial charge in [0.15, 0.2) is 6.61 Å². The molecule has 196 valence electrons. The fourth-order valence-electron chi connectivity index (χ4n) is 4.06. The summed E-state index contributed by atoms with van der Waals surface area (Å²) in [6.45, 7) is 6.21. The smallest absolute Gasteiger partial charge is 0.261 e. The Morgan fingerprint density at radius 3 is 2.27 bits per heavy atom. The first-order valence-corrected chi connectivity index (χ1v) is 12.9. The summed E-state index contributed by atoms with van der Waals surface area (Å²) < 4.78 is 19.4. The number of rotatable bonds is 12. The maximum absolute atomic E-state index is 13.6. The van der Waals surface area contributed by atoms with Crippen molar-refractivity contribution >= 4 is 23.4 Å². The van der Waals surface area contributed by atoms with Crippen molar-refractivity contribution in [3.05, 3.63) is 99.8 Å². The van der Waals surface area contributed by atoms with Crippen molar-refractivity contribution in [2.45, 2.75) is 52.6 Å². The number of halogens is 2. The fourth-order valence-corrected chi connectivity index (χ4v) is 4.17. The Labute approximate surface area is 223 Å². The summed E-state index contributed by atoms with van der Waals surface area (Å²) in [5.74, 6) is -0.412. The maximum Gasteiger partial charge on any atom is 0.261 e. The van der Waals surface area contributed by atoms with Gasteiger partial charge in [-0.05, 0) is 66.8 Å². The van der Waals surface area contributed by atoms with Crippen LogP contribution >= 0.6 is 11.6 Å². The second-order valence-corrected chi connectivity index (χ2v) is 9.54. The zero-order valence-electron chi connectivity index (χ0n) is 21.6. The van der Waals surface area contributed by atoms with Gasteiger partial charge in [0.25, 0.3) is 5.91 Å². The van der Waals surface area contributed by atoms with Gasteiger partial charge < -0.3 is 15.0 Å². The van der Waals surface area contributed by atoms with Gasteiger partial charge in [0.05, 0.1) is 0 Å². The van der Waals surface area contributed by atoms with Crippen LogP contribution in [-0.2, 0) is 22.6 Å². The molecule has 0 unspecified atom stereocenters. The lowest BCUT2D eigenvalue weighted by Crippen LogP contribution is -2.51. The van der Waals surface area contributed by atoms with E-state index in [4.69, 9.17) is 16.3 Å². The van der Waals surface area contributed by atoms with Crippen molar-refractivity contribution in [2.75, 3.05) is 13.2 Å². The quantitative estimate of drug-likeness (QED) is 0.294. The van der Waals surface area contributed by atoms with Gasteiger partial charge in [0, 0.05) is 24.5 Å². The molecule has 37 heavy (non-hydrogen) atoms. The molecule has 1 N–H and O–H groups in total. The Morgan fingerprint density at radius 1 is 1.00 bits per heavy atom. The molecule has 0 spiro atoms. The van der Waals surface area contributed by atoms with Gasteiger partial charge in [0.1, 0.15) is 17.6 Å². The Balaban J connectivity index is 1.89. The van der Waals surface area contributed by atoms with Gasteiger partial charge >= 0.3 is 0 Å². The minimum Gasteiger partial charge on any atom is -0.484 e. The minimum atomic E-state index is -0.769. The number of hydrogen-bond donors (Lipinski definition) is 1. The zero-order valence-corrected chi connectivity index (χ0v) is 22.4. The number of ether oxygens (including phenoxy) is 1. The highest BCUT2D eigenvalue weighted by molar-refractivity contribution is 6.32. The number of amides is 2. The van der Waals surface area contributed by atoms with Crippen molar-refractivity contribution in [1.29, 1.82) is 0 Å². The lowest BCUT2D eigenvalue weighted by Gasteiger charge is -2.31. The third-order valence-electron chi connectivity index (χ3n) is 6.14. The van der Waals surface area contributed by atoms with Crippen molar-refractivity contribution in [1.82, 2.24) is 10.2 Å². The van der Waals surface area contributed by atoms with Crippen LogP contribution in [0.3, 0.4) is 0 Å². The number of unbranched alkanes of at least 4 members (excludes halogenated alkanes) is 1. The Hall–Kier alpha value is -3.38. The highest BCUT2D eigenvalue weighted by Gasteiger charge is 2.30. The highest BCUT2D eigenvalue weighted by atomic mass is 35.5.